The molecule has 0 radical (unpaired) electrons. The summed E-state index contributed by atoms with van der Waals surface area (Å²) in [5.41, 5.74) is 3.31. The van der Waals surface area contributed by atoms with Crippen LogP contribution in [0.5, 0.6) is 0 Å². The maximum atomic E-state index is 12.3. The van der Waals surface area contributed by atoms with Crippen LogP contribution in [0.1, 0.15) is 18.9 Å². The van der Waals surface area contributed by atoms with Gasteiger partial charge < -0.3 is 0 Å². The molecule has 2 aromatic carbocycles. The SMILES string of the molecule is CCCc1ccc2c(c1)-n1c(SC)nc(=O)c3cccc(c31)S2. The monoisotopic (exact) mass is 340 g/mol. The van der Waals surface area contributed by atoms with Crippen LogP contribution in [0.3, 0.4) is 0 Å². The number of aryl methyl sites for hydroxylation is 1. The van der Waals surface area contributed by atoms with Gasteiger partial charge in [-0.3, -0.25) is 9.36 Å². The number of thioether (sulfide) groups is 1. The molecule has 0 saturated carbocycles. The van der Waals surface area contributed by atoms with Gasteiger partial charge in [-0.15, -0.1) is 0 Å². The zero-order valence-electron chi connectivity index (χ0n) is 13.0. The van der Waals surface area contributed by atoms with Crippen LogP contribution in [0.2, 0.25) is 0 Å². The van der Waals surface area contributed by atoms with Crippen LogP contribution in [0.15, 0.2) is 56.1 Å². The summed E-state index contributed by atoms with van der Waals surface area (Å²) in [6.45, 7) is 2.19. The predicted octanol–water partition coefficient (Wildman–Crippen LogP) is 4.52. The van der Waals surface area contributed by atoms with Crippen molar-refractivity contribution < 1.29 is 0 Å². The summed E-state index contributed by atoms with van der Waals surface area (Å²) < 4.78 is 2.15. The fourth-order valence-corrected chi connectivity index (χ4v) is 4.67. The topological polar surface area (TPSA) is 34.9 Å². The predicted molar refractivity (Wildman–Crippen MR) is 97.2 cm³/mol. The number of fused-ring (bicyclic) bond motifs is 2. The van der Waals surface area contributed by atoms with Crippen LogP contribution in [0, 0.1) is 0 Å². The molecule has 23 heavy (non-hydrogen) atoms. The van der Waals surface area contributed by atoms with E-state index in [9.17, 15) is 4.79 Å². The summed E-state index contributed by atoms with van der Waals surface area (Å²) in [6.07, 6.45) is 4.15. The Kier molecular flexibility index (Phi) is 3.70. The van der Waals surface area contributed by atoms with Crippen molar-refractivity contribution in [1.29, 1.82) is 0 Å². The van der Waals surface area contributed by atoms with Crippen molar-refractivity contribution in [2.45, 2.75) is 34.7 Å². The Morgan fingerprint density at radius 3 is 2.87 bits per heavy atom. The number of para-hydroxylation sites is 1. The van der Waals surface area contributed by atoms with Crippen LogP contribution < -0.4 is 5.56 Å². The van der Waals surface area contributed by atoms with Gasteiger partial charge in [0.15, 0.2) is 5.16 Å². The highest BCUT2D eigenvalue weighted by Gasteiger charge is 2.22. The zero-order valence-corrected chi connectivity index (χ0v) is 14.6. The Hall–Kier alpha value is -1.72. The van der Waals surface area contributed by atoms with Gasteiger partial charge in [0, 0.05) is 9.79 Å². The van der Waals surface area contributed by atoms with Gasteiger partial charge in [0.05, 0.1) is 16.6 Å². The van der Waals surface area contributed by atoms with E-state index in [1.807, 2.05) is 18.4 Å². The number of aromatic nitrogens is 2. The highest BCUT2D eigenvalue weighted by atomic mass is 32.2. The van der Waals surface area contributed by atoms with Gasteiger partial charge in [0.25, 0.3) is 5.56 Å². The number of rotatable bonds is 3. The highest BCUT2D eigenvalue weighted by Crippen LogP contribution is 2.43. The summed E-state index contributed by atoms with van der Waals surface area (Å²) >= 11 is 3.25. The molecule has 2 heterocycles. The molecule has 1 aromatic heterocycles. The van der Waals surface area contributed by atoms with Crippen molar-refractivity contribution in [2.24, 2.45) is 0 Å². The second-order valence-corrected chi connectivity index (χ2v) is 7.40. The summed E-state index contributed by atoms with van der Waals surface area (Å²) in [4.78, 5) is 19.0. The second-order valence-electron chi connectivity index (χ2n) is 5.55. The molecule has 1 aliphatic rings. The fraction of sp³-hybridized carbons (Fsp3) is 0.222. The molecule has 0 atom stereocenters. The Labute approximate surface area is 143 Å². The van der Waals surface area contributed by atoms with Crippen LogP contribution in [-0.4, -0.2) is 15.8 Å². The van der Waals surface area contributed by atoms with Crippen molar-refractivity contribution in [2.75, 3.05) is 6.26 Å². The maximum Gasteiger partial charge on any atom is 0.281 e. The molecule has 5 heteroatoms. The number of hydrogen-bond donors (Lipinski definition) is 0. The van der Waals surface area contributed by atoms with E-state index in [0.29, 0.717) is 5.39 Å². The third-order valence-electron chi connectivity index (χ3n) is 4.05. The average molecular weight is 340 g/mol. The molecule has 0 unspecified atom stereocenters. The lowest BCUT2D eigenvalue weighted by molar-refractivity contribution is 0.823. The first-order valence-electron chi connectivity index (χ1n) is 7.64. The minimum Gasteiger partial charge on any atom is -0.286 e. The van der Waals surface area contributed by atoms with E-state index >= 15 is 0 Å². The molecule has 1 aliphatic heterocycles. The second kappa shape index (κ2) is 5.73. The van der Waals surface area contributed by atoms with Crippen molar-refractivity contribution in [1.82, 2.24) is 9.55 Å². The van der Waals surface area contributed by atoms with Crippen molar-refractivity contribution in [3.05, 3.63) is 52.3 Å². The smallest absolute Gasteiger partial charge is 0.281 e. The number of nitrogens with zero attached hydrogens (tertiary/aromatic N) is 2. The molecular weight excluding hydrogens is 324 g/mol. The van der Waals surface area contributed by atoms with Gasteiger partial charge in [-0.1, -0.05) is 49.0 Å². The summed E-state index contributed by atoms with van der Waals surface area (Å²) in [5, 5.41) is 1.45. The molecule has 116 valence electrons. The van der Waals surface area contributed by atoms with Crippen LogP contribution >= 0.6 is 23.5 Å². The van der Waals surface area contributed by atoms with E-state index in [4.69, 9.17) is 0 Å². The Morgan fingerprint density at radius 1 is 1.22 bits per heavy atom. The molecule has 0 N–H and O–H groups in total. The van der Waals surface area contributed by atoms with E-state index in [1.165, 1.54) is 22.2 Å². The lowest BCUT2D eigenvalue weighted by Crippen LogP contribution is -2.17. The van der Waals surface area contributed by atoms with E-state index < -0.39 is 0 Å². The van der Waals surface area contributed by atoms with Crippen LogP contribution in [0.25, 0.3) is 16.6 Å². The normalized spacial score (nSPS) is 12.4. The largest absolute Gasteiger partial charge is 0.286 e. The molecule has 0 fully saturated rings. The fourth-order valence-electron chi connectivity index (χ4n) is 3.05. The standard InChI is InChI=1S/C18H16N2OS2/c1-3-5-11-8-9-14-13(10-11)20-16-12(6-4-7-15(16)23-14)17(21)19-18(20)22-2/h4,6-10H,3,5H2,1-2H3. The van der Waals surface area contributed by atoms with Crippen molar-refractivity contribution >= 4 is 34.4 Å². The summed E-state index contributed by atoms with van der Waals surface area (Å²) in [5.74, 6) is 0. The molecule has 4 rings (SSSR count). The molecule has 0 bridgehead atoms. The minimum atomic E-state index is -0.142. The summed E-state index contributed by atoms with van der Waals surface area (Å²) in [6, 6.07) is 12.5. The molecule has 0 amide bonds. The Morgan fingerprint density at radius 2 is 2.09 bits per heavy atom. The first kappa shape index (κ1) is 14.8. The highest BCUT2D eigenvalue weighted by molar-refractivity contribution is 8.00. The van der Waals surface area contributed by atoms with E-state index in [2.05, 4.69) is 40.7 Å². The van der Waals surface area contributed by atoms with Gasteiger partial charge >= 0.3 is 0 Å². The molecule has 0 aliphatic carbocycles. The van der Waals surface area contributed by atoms with Gasteiger partial charge in [0.1, 0.15) is 0 Å². The van der Waals surface area contributed by atoms with Gasteiger partial charge in [0.2, 0.25) is 0 Å². The first-order valence-corrected chi connectivity index (χ1v) is 9.68. The molecule has 0 spiro atoms. The Bertz CT molecular complexity index is 979. The average Bonchev–Trinajstić information content (AvgIpc) is 2.57. The molecular formula is C18H16N2OS2. The molecule has 3 nitrogen and oxygen atoms in total. The first-order chi connectivity index (χ1) is 11.2. The van der Waals surface area contributed by atoms with Crippen LogP contribution in [0.4, 0.5) is 0 Å². The van der Waals surface area contributed by atoms with Gasteiger partial charge in [-0.05, 0) is 42.5 Å². The minimum absolute atomic E-state index is 0.142. The van der Waals surface area contributed by atoms with Crippen molar-refractivity contribution in [3.63, 3.8) is 0 Å². The zero-order chi connectivity index (χ0) is 16.0. The van der Waals surface area contributed by atoms with Crippen molar-refractivity contribution in [3.8, 4) is 5.69 Å². The van der Waals surface area contributed by atoms with E-state index in [0.717, 1.165) is 34.1 Å². The summed E-state index contributed by atoms with van der Waals surface area (Å²) in [7, 11) is 0. The van der Waals surface area contributed by atoms with Gasteiger partial charge in [-0.25, -0.2) is 0 Å². The molecule has 0 saturated heterocycles. The third kappa shape index (κ3) is 2.30. The lowest BCUT2D eigenvalue weighted by Gasteiger charge is -2.24. The van der Waals surface area contributed by atoms with Gasteiger partial charge in [-0.2, -0.15) is 4.98 Å². The molecule has 3 aromatic rings. The number of benzene rings is 2. The van der Waals surface area contributed by atoms with E-state index in [1.54, 1.807) is 11.8 Å². The van der Waals surface area contributed by atoms with Crippen LogP contribution in [-0.2, 0) is 6.42 Å². The quantitative estimate of drug-likeness (QED) is 0.405. The maximum absolute atomic E-state index is 12.3. The lowest BCUT2D eigenvalue weighted by atomic mass is 10.1. The third-order valence-corrected chi connectivity index (χ3v) is 5.80. The number of hydrogen-bond acceptors (Lipinski definition) is 4. The Balaban J connectivity index is 2.12. The van der Waals surface area contributed by atoms with E-state index in [-0.39, 0.29) is 5.56 Å².